The van der Waals surface area contributed by atoms with E-state index in [4.69, 9.17) is 0 Å². The molecular weight excluding hydrogens is 169 g/mol. The van der Waals surface area contributed by atoms with Crippen LogP contribution in [0.3, 0.4) is 0 Å². The predicted octanol–water partition coefficient (Wildman–Crippen LogP) is 1.88. The van der Waals surface area contributed by atoms with E-state index >= 15 is 0 Å². The zero-order chi connectivity index (χ0) is 9.84. The molecule has 1 aromatic rings. The van der Waals surface area contributed by atoms with E-state index in [1.54, 1.807) is 19.1 Å². The second-order valence-corrected chi connectivity index (χ2v) is 2.84. The van der Waals surface area contributed by atoms with E-state index in [9.17, 15) is 9.18 Å². The van der Waals surface area contributed by atoms with Crippen LogP contribution in [0.4, 0.5) is 4.39 Å². The lowest BCUT2D eigenvalue weighted by Gasteiger charge is -2.03. The molecule has 0 aliphatic heterocycles. The van der Waals surface area contributed by atoms with Gasteiger partial charge in [-0.2, -0.15) is 0 Å². The normalized spacial score (nSPS) is 9.77. The Hall–Kier alpha value is -1.38. The standard InChI is InChI=1S/C10H12FNO/c1-3-12-10(13)8-6-7(2)4-5-9(8)11/h4-6H,3H2,1-2H3,(H,12,13). The van der Waals surface area contributed by atoms with E-state index in [0.717, 1.165) is 5.56 Å². The number of carbonyl (C=O) groups is 1. The van der Waals surface area contributed by atoms with Crippen molar-refractivity contribution in [1.29, 1.82) is 0 Å². The fourth-order valence-corrected chi connectivity index (χ4v) is 1.07. The maximum Gasteiger partial charge on any atom is 0.254 e. The number of aryl methyl sites for hydroxylation is 1. The molecule has 70 valence electrons. The number of hydrogen-bond acceptors (Lipinski definition) is 1. The largest absolute Gasteiger partial charge is 0.352 e. The monoisotopic (exact) mass is 181 g/mol. The minimum Gasteiger partial charge on any atom is -0.352 e. The van der Waals surface area contributed by atoms with Crippen LogP contribution in [0.2, 0.25) is 0 Å². The number of benzene rings is 1. The van der Waals surface area contributed by atoms with Gasteiger partial charge in [-0.25, -0.2) is 4.39 Å². The van der Waals surface area contributed by atoms with Crippen molar-refractivity contribution in [3.63, 3.8) is 0 Å². The van der Waals surface area contributed by atoms with E-state index in [-0.39, 0.29) is 11.5 Å². The first kappa shape index (κ1) is 9.71. The molecule has 13 heavy (non-hydrogen) atoms. The van der Waals surface area contributed by atoms with E-state index in [1.807, 2.05) is 6.92 Å². The smallest absolute Gasteiger partial charge is 0.254 e. The number of rotatable bonds is 2. The Bertz CT molecular complexity index is 323. The third-order valence-corrected chi connectivity index (χ3v) is 1.70. The lowest BCUT2D eigenvalue weighted by molar-refractivity contribution is 0.0951. The lowest BCUT2D eigenvalue weighted by Crippen LogP contribution is -2.23. The second-order valence-electron chi connectivity index (χ2n) is 2.84. The Morgan fingerprint density at radius 2 is 2.23 bits per heavy atom. The highest BCUT2D eigenvalue weighted by Crippen LogP contribution is 2.09. The maximum absolute atomic E-state index is 13.1. The zero-order valence-corrected chi connectivity index (χ0v) is 7.73. The minimum absolute atomic E-state index is 0.113. The van der Waals surface area contributed by atoms with Gasteiger partial charge in [-0.3, -0.25) is 4.79 Å². The van der Waals surface area contributed by atoms with Gasteiger partial charge >= 0.3 is 0 Å². The predicted molar refractivity (Wildman–Crippen MR) is 49.1 cm³/mol. The fraction of sp³-hybridized carbons (Fsp3) is 0.300. The molecule has 0 heterocycles. The van der Waals surface area contributed by atoms with Gasteiger partial charge in [0.15, 0.2) is 0 Å². The summed E-state index contributed by atoms with van der Waals surface area (Å²) in [6.07, 6.45) is 0. The maximum atomic E-state index is 13.1. The molecule has 3 heteroatoms. The molecule has 0 spiro atoms. The molecule has 1 rings (SSSR count). The van der Waals surface area contributed by atoms with Crippen LogP contribution in [0.25, 0.3) is 0 Å². The van der Waals surface area contributed by atoms with Gasteiger partial charge in [0, 0.05) is 6.54 Å². The molecule has 2 nitrogen and oxygen atoms in total. The van der Waals surface area contributed by atoms with Gasteiger partial charge in [0.25, 0.3) is 5.91 Å². The third-order valence-electron chi connectivity index (χ3n) is 1.70. The summed E-state index contributed by atoms with van der Waals surface area (Å²) in [5.41, 5.74) is 0.990. The molecule has 0 radical (unpaired) electrons. The molecule has 1 amide bonds. The van der Waals surface area contributed by atoms with Crippen molar-refractivity contribution >= 4 is 5.91 Å². The molecule has 0 aliphatic rings. The SMILES string of the molecule is CCNC(=O)c1cc(C)ccc1F. The molecule has 1 aromatic carbocycles. The first-order chi connectivity index (χ1) is 6.15. The molecule has 0 unspecified atom stereocenters. The van der Waals surface area contributed by atoms with Gasteiger partial charge in [-0.1, -0.05) is 11.6 Å². The van der Waals surface area contributed by atoms with Gasteiger partial charge in [0.1, 0.15) is 5.82 Å². The van der Waals surface area contributed by atoms with Crippen LogP contribution in [0, 0.1) is 12.7 Å². The molecule has 1 N–H and O–H groups in total. The molecule has 0 atom stereocenters. The fourth-order valence-electron chi connectivity index (χ4n) is 1.07. The van der Waals surface area contributed by atoms with E-state index in [1.165, 1.54) is 6.07 Å². The van der Waals surface area contributed by atoms with E-state index in [0.29, 0.717) is 6.54 Å². The number of nitrogens with one attached hydrogen (secondary N) is 1. The molecular formula is C10H12FNO. The van der Waals surface area contributed by atoms with Gasteiger partial charge in [0.05, 0.1) is 5.56 Å². The van der Waals surface area contributed by atoms with Crippen LogP contribution in [0.15, 0.2) is 18.2 Å². The average molecular weight is 181 g/mol. The molecule has 0 aliphatic carbocycles. The van der Waals surface area contributed by atoms with Crippen molar-refractivity contribution in [3.8, 4) is 0 Å². The van der Waals surface area contributed by atoms with Crippen molar-refractivity contribution < 1.29 is 9.18 Å². The highest BCUT2D eigenvalue weighted by molar-refractivity contribution is 5.94. The van der Waals surface area contributed by atoms with Gasteiger partial charge < -0.3 is 5.32 Å². The summed E-state index contributed by atoms with van der Waals surface area (Å²) in [6, 6.07) is 4.48. The summed E-state index contributed by atoms with van der Waals surface area (Å²) in [5, 5.41) is 2.55. The van der Waals surface area contributed by atoms with Crippen molar-refractivity contribution in [2.24, 2.45) is 0 Å². The quantitative estimate of drug-likeness (QED) is 0.741. The first-order valence-electron chi connectivity index (χ1n) is 4.19. The highest BCUT2D eigenvalue weighted by Gasteiger charge is 2.09. The Balaban J connectivity index is 2.99. The Morgan fingerprint density at radius 3 is 2.85 bits per heavy atom. The number of hydrogen-bond donors (Lipinski definition) is 1. The lowest BCUT2D eigenvalue weighted by atomic mass is 10.1. The van der Waals surface area contributed by atoms with Crippen LogP contribution >= 0.6 is 0 Å². The summed E-state index contributed by atoms with van der Waals surface area (Å²) in [6.45, 7) is 4.12. The molecule has 0 fully saturated rings. The van der Waals surface area contributed by atoms with E-state index < -0.39 is 5.82 Å². The number of carbonyl (C=O) groups excluding carboxylic acids is 1. The van der Waals surface area contributed by atoms with Crippen LogP contribution < -0.4 is 5.32 Å². The van der Waals surface area contributed by atoms with Crippen LogP contribution in [0.1, 0.15) is 22.8 Å². The Labute approximate surface area is 76.8 Å². The number of halogens is 1. The second kappa shape index (κ2) is 4.03. The first-order valence-corrected chi connectivity index (χ1v) is 4.19. The van der Waals surface area contributed by atoms with Crippen LogP contribution in [-0.2, 0) is 0 Å². The van der Waals surface area contributed by atoms with Gasteiger partial charge in [-0.15, -0.1) is 0 Å². The van der Waals surface area contributed by atoms with Gasteiger partial charge in [-0.05, 0) is 26.0 Å². The highest BCUT2D eigenvalue weighted by atomic mass is 19.1. The topological polar surface area (TPSA) is 29.1 Å². The summed E-state index contributed by atoms with van der Waals surface area (Å²) < 4.78 is 13.1. The van der Waals surface area contributed by atoms with Crippen molar-refractivity contribution in [2.75, 3.05) is 6.54 Å². The van der Waals surface area contributed by atoms with Crippen LogP contribution in [-0.4, -0.2) is 12.5 Å². The van der Waals surface area contributed by atoms with Crippen molar-refractivity contribution in [1.82, 2.24) is 5.32 Å². The third kappa shape index (κ3) is 2.28. The van der Waals surface area contributed by atoms with Crippen molar-refractivity contribution in [3.05, 3.63) is 35.1 Å². The average Bonchev–Trinajstić information content (AvgIpc) is 2.09. The van der Waals surface area contributed by atoms with E-state index in [2.05, 4.69) is 5.32 Å². The Kier molecular flexibility index (Phi) is 3.01. The Morgan fingerprint density at radius 1 is 1.54 bits per heavy atom. The number of amides is 1. The minimum atomic E-state index is -0.475. The summed E-state index contributed by atoms with van der Waals surface area (Å²) in [5.74, 6) is -0.833. The zero-order valence-electron chi connectivity index (χ0n) is 7.73. The molecule has 0 saturated heterocycles. The van der Waals surface area contributed by atoms with Gasteiger partial charge in [0.2, 0.25) is 0 Å². The summed E-state index contributed by atoms with van der Waals surface area (Å²) in [4.78, 5) is 11.3. The van der Waals surface area contributed by atoms with Crippen molar-refractivity contribution in [2.45, 2.75) is 13.8 Å². The molecule has 0 saturated carbocycles. The summed E-state index contributed by atoms with van der Waals surface area (Å²) in [7, 11) is 0. The molecule has 0 bridgehead atoms. The van der Waals surface area contributed by atoms with Crippen LogP contribution in [0.5, 0.6) is 0 Å². The summed E-state index contributed by atoms with van der Waals surface area (Å²) >= 11 is 0. The molecule has 0 aromatic heterocycles.